The van der Waals surface area contributed by atoms with Crippen molar-refractivity contribution in [2.75, 3.05) is 13.1 Å². The Morgan fingerprint density at radius 1 is 1.50 bits per heavy atom. The van der Waals surface area contributed by atoms with Crippen molar-refractivity contribution in [1.29, 1.82) is 0 Å². The SMILES string of the molecule is O=CN1CCCCN1. The minimum atomic E-state index is 0.832. The number of hydrogen-bond acceptors (Lipinski definition) is 2. The van der Waals surface area contributed by atoms with Crippen molar-refractivity contribution in [3.63, 3.8) is 0 Å². The molecule has 0 bridgehead atoms. The molecule has 3 nitrogen and oxygen atoms in total. The Morgan fingerprint density at radius 2 is 2.38 bits per heavy atom. The molecule has 3 heteroatoms. The molecule has 0 atom stereocenters. The van der Waals surface area contributed by atoms with E-state index in [1.807, 2.05) is 0 Å². The van der Waals surface area contributed by atoms with Gasteiger partial charge in [-0.1, -0.05) is 0 Å². The molecule has 0 aliphatic carbocycles. The Labute approximate surface area is 48.6 Å². The number of carbonyl (C=O) groups excluding carboxylic acids is 1. The summed E-state index contributed by atoms with van der Waals surface area (Å²) in [6, 6.07) is 0. The van der Waals surface area contributed by atoms with Crippen molar-refractivity contribution >= 4 is 6.41 Å². The predicted molar refractivity (Wildman–Crippen MR) is 30.0 cm³/mol. The quantitative estimate of drug-likeness (QED) is 0.476. The highest BCUT2D eigenvalue weighted by molar-refractivity contribution is 5.46. The van der Waals surface area contributed by atoms with Gasteiger partial charge in [0.25, 0.3) is 0 Å². The smallest absolute Gasteiger partial charge is 0.223 e. The topological polar surface area (TPSA) is 32.3 Å². The maximum absolute atomic E-state index is 10.0. The predicted octanol–water partition coefficient (Wildman–Crippen LogP) is -0.257. The van der Waals surface area contributed by atoms with E-state index in [1.165, 1.54) is 6.42 Å². The molecule has 8 heavy (non-hydrogen) atoms. The molecule has 1 aliphatic heterocycles. The molecule has 0 saturated carbocycles. The van der Waals surface area contributed by atoms with Crippen molar-refractivity contribution in [3.05, 3.63) is 0 Å². The van der Waals surface area contributed by atoms with Crippen LogP contribution < -0.4 is 5.43 Å². The minimum absolute atomic E-state index is 0.832. The standard InChI is InChI=1S/C5H10N2O/c8-5-7-4-2-1-3-6-7/h5-6H,1-4H2. The molecule has 0 aromatic carbocycles. The second-order valence-electron chi connectivity index (χ2n) is 1.91. The van der Waals surface area contributed by atoms with E-state index in [-0.39, 0.29) is 0 Å². The van der Waals surface area contributed by atoms with Crippen LogP contribution in [0, 0.1) is 0 Å². The van der Waals surface area contributed by atoms with Crippen molar-refractivity contribution in [3.8, 4) is 0 Å². The lowest BCUT2D eigenvalue weighted by Crippen LogP contribution is -2.41. The van der Waals surface area contributed by atoms with Gasteiger partial charge in [-0.25, -0.2) is 5.43 Å². The third kappa shape index (κ3) is 1.20. The molecule has 0 aromatic rings. The van der Waals surface area contributed by atoms with Crippen LogP contribution in [-0.2, 0) is 4.79 Å². The Hall–Kier alpha value is -0.570. The molecule has 46 valence electrons. The third-order valence-electron chi connectivity index (χ3n) is 1.27. The van der Waals surface area contributed by atoms with Crippen molar-refractivity contribution in [2.45, 2.75) is 12.8 Å². The molecule has 0 aromatic heterocycles. The summed E-state index contributed by atoms with van der Waals surface area (Å²) in [7, 11) is 0. The first-order chi connectivity index (χ1) is 3.93. The van der Waals surface area contributed by atoms with E-state index in [2.05, 4.69) is 5.43 Å². The average molecular weight is 114 g/mol. The van der Waals surface area contributed by atoms with Gasteiger partial charge in [0.05, 0.1) is 0 Å². The number of nitrogens with zero attached hydrogens (tertiary/aromatic N) is 1. The van der Waals surface area contributed by atoms with Gasteiger partial charge in [0.2, 0.25) is 6.41 Å². The summed E-state index contributed by atoms with van der Waals surface area (Å²) in [5.74, 6) is 0. The first kappa shape index (κ1) is 5.56. The van der Waals surface area contributed by atoms with Gasteiger partial charge in [0.1, 0.15) is 0 Å². The molecule has 1 saturated heterocycles. The Bertz CT molecular complexity index is 78.5. The molecule has 1 N–H and O–H groups in total. The molecule has 1 fully saturated rings. The van der Waals surface area contributed by atoms with Gasteiger partial charge in [0.15, 0.2) is 0 Å². The Morgan fingerprint density at radius 3 is 2.75 bits per heavy atom. The first-order valence-corrected chi connectivity index (χ1v) is 2.89. The largest absolute Gasteiger partial charge is 0.281 e. The van der Waals surface area contributed by atoms with Gasteiger partial charge in [0, 0.05) is 13.1 Å². The number of rotatable bonds is 1. The summed E-state index contributed by atoms with van der Waals surface area (Å²) in [5, 5.41) is 1.59. The maximum Gasteiger partial charge on any atom is 0.223 e. The van der Waals surface area contributed by atoms with E-state index in [0.29, 0.717) is 0 Å². The maximum atomic E-state index is 10.0. The zero-order valence-corrected chi connectivity index (χ0v) is 4.76. The molecule has 1 aliphatic rings. The van der Waals surface area contributed by atoms with E-state index in [4.69, 9.17) is 0 Å². The van der Waals surface area contributed by atoms with Crippen molar-refractivity contribution in [1.82, 2.24) is 10.4 Å². The molecule has 0 spiro atoms. The number of nitrogens with one attached hydrogen (secondary N) is 1. The Kier molecular flexibility index (Phi) is 1.86. The average Bonchev–Trinajstić information content (AvgIpc) is 1.90. The van der Waals surface area contributed by atoms with Crippen LogP contribution in [0.5, 0.6) is 0 Å². The number of hydrazine groups is 1. The highest BCUT2D eigenvalue weighted by Gasteiger charge is 2.04. The van der Waals surface area contributed by atoms with Gasteiger partial charge in [-0.05, 0) is 12.8 Å². The van der Waals surface area contributed by atoms with E-state index >= 15 is 0 Å². The van der Waals surface area contributed by atoms with E-state index < -0.39 is 0 Å². The minimum Gasteiger partial charge on any atom is -0.281 e. The van der Waals surface area contributed by atoms with Crippen molar-refractivity contribution < 1.29 is 4.79 Å². The van der Waals surface area contributed by atoms with Crippen LogP contribution >= 0.6 is 0 Å². The first-order valence-electron chi connectivity index (χ1n) is 2.89. The van der Waals surface area contributed by atoms with Gasteiger partial charge in [-0.15, -0.1) is 0 Å². The lowest BCUT2D eigenvalue weighted by Gasteiger charge is -2.22. The molecule has 1 rings (SSSR count). The van der Waals surface area contributed by atoms with Gasteiger partial charge >= 0.3 is 0 Å². The summed E-state index contributed by atoms with van der Waals surface area (Å²) in [5.41, 5.74) is 2.93. The molecular formula is C5H10N2O. The zero-order chi connectivity index (χ0) is 5.82. The van der Waals surface area contributed by atoms with Gasteiger partial charge < -0.3 is 0 Å². The number of amides is 1. The second-order valence-corrected chi connectivity index (χ2v) is 1.91. The van der Waals surface area contributed by atoms with E-state index in [1.54, 1.807) is 5.01 Å². The molecule has 0 radical (unpaired) electrons. The van der Waals surface area contributed by atoms with Gasteiger partial charge in [-0.3, -0.25) is 9.80 Å². The summed E-state index contributed by atoms with van der Waals surface area (Å²) in [6.07, 6.45) is 3.15. The summed E-state index contributed by atoms with van der Waals surface area (Å²) in [4.78, 5) is 10.0. The normalized spacial score (nSPS) is 20.8. The fraction of sp³-hybridized carbons (Fsp3) is 0.800. The van der Waals surface area contributed by atoms with Crippen LogP contribution in [0.2, 0.25) is 0 Å². The summed E-state index contributed by atoms with van der Waals surface area (Å²) >= 11 is 0. The van der Waals surface area contributed by atoms with E-state index in [0.717, 1.165) is 25.9 Å². The highest BCUT2D eigenvalue weighted by Crippen LogP contribution is 1.94. The van der Waals surface area contributed by atoms with Crippen LogP contribution in [0.4, 0.5) is 0 Å². The molecule has 0 unspecified atom stereocenters. The molecule has 1 amide bonds. The Balaban J connectivity index is 2.22. The lowest BCUT2D eigenvalue weighted by molar-refractivity contribution is -0.121. The lowest BCUT2D eigenvalue weighted by atomic mass is 10.3. The van der Waals surface area contributed by atoms with Crippen LogP contribution in [0.25, 0.3) is 0 Å². The zero-order valence-electron chi connectivity index (χ0n) is 4.76. The van der Waals surface area contributed by atoms with Crippen molar-refractivity contribution in [2.24, 2.45) is 0 Å². The second kappa shape index (κ2) is 2.67. The number of hydrogen-bond donors (Lipinski definition) is 1. The van der Waals surface area contributed by atoms with Crippen LogP contribution in [-0.4, -0.2) is 24.5 Å². The molecular weight excluding hydrogens is 104 g/mol. The monoisotopic (exact) mass is 114 g/mol. The fourth-order valence-electron chi connectivity index (χ4n) is 0.799. The van der Waals surface area contributed by atoms with Crippen LogP contribution in [0.3, 0.4) is 0 Å². The van der Waals surface area contributed by atoms with E-state index in [9.17, 15) is 4.79 Å². The van der Waals surface area contributed by atoms with Crippen LogP contribution in [0.15, 0.2) is 0 Å². The van der Waals surface area contributed by atoms with Crippen LogP contribution in [0.1, 0.15) is 12.8 Å². The fourth-order valence-corrected chi connectivity index (χ4v) is 0.799. The molecule has 1 heterocycles. The third-order valence-corrected chi connectivity index (χ3v) is 1.27. The number of carbonyl (C=O) groups is 1. The summed E-state index contributed by atoms with van der Waals surface area (Å²) < 4.78 is 0. The summed E-state index contributed by atoms with van der Waals surface area (Å²) in [6.45, 7) is 1.81. The highest BCUT2D eigenvalue weighted by atomic mass is 16.1. The van der Waals surface area contributed by atoms with Gasteiger partial charge in [-0.2, -0.15) is 0 Å².